The van der Waals surface area contributed by atoms with Crippen molar-refractivity contribution in [2.45, 2.75) is 36.8 Å². The molecule has 2 aromatic rings. The summed E-state index contributed by atoms with van der Waals surface area (Å²) in [6.45, 7) is 4.91. The number of nitrogens with zero attached hydrogens (tertiary/aromatic N) is 1. The zero-order chi connectivity index (χ0) is 15.5. The fourth-order valence-electron chi connectivity index (χ4n) is 2.85. The van der Waals surface area contributed by atoms with E-state index in [1.165, 1.54) is 11.1 Å². The van der Waals surface area contributed by atoms with Crippen molar-refractivity contribution >= 4 is 23.4 Å². The number of fused-ring (bicyclic) bond motifs is 1. The maximum Gasteiger partial charge on any atom is 0.240 e. The second-order valence-corrected chi connectivity index (χ2v) is 7.21. The van der Waals surface area contributed by atoms with Gasteiger partial charge in [-0.3, -0.25) is 4.79 Å². The third-order valence-corrected chi connectivity index (χ3v) is 5.16. The van der Waals surface area contributed by atoms with E-state index in [9.17, 15) is 4.79 Å². The molecule has 1 atom stereocenters. The van der Waals surface area contributed by atoms with Crippen molar-refractivity contribution in [1.29, 1.82) is 0 Å². The lowest BCUT2D eigenvalue weighted by molar-refractivity contribution is -0.117. The smallest absolute Gasteiger partial charge is 0.240 e. The number of amides is 1. The molecular formula is C19H21NOS. The lowest BCUT2D eigenvalue weighted by Gasteiger charge is -2.31. The summed E-state index contributed by atoms with van der Waals surface area (Å²) in [6.07, 6.45) is 2.12. The molecule has 1 heterocycles. The first-order chi connectivity index (χ1) is 10.6. The van der Waals surface area contributed by atoms with Gasteiger partial charge in [0.2, 0.25) is 5.91 Å². The molecule has 0 saturated carbocycles. The highest BCUT2D eigenvalue weighted by Crippen LogP contribution is 2.31. The Bertz CT molecular complexity index is 665. The maximum absolute atomic E-state index is 12.8. The second kappa shape index (κ2) is 6.57. The van der Waals surface area contributed by atoms with Crippen molar-refractivity contribution in [3.05, 3.63) is 59.7 Å². The van der Waals surface area contributed by atoms with Crippen LogP contribution >= 0.6 is 11.8 Å². The van der Waals surface area contributed by atoms with E-state index in [0.29, 0.717) is 0 Å². The molecule has 0 N–H and O–H groups in total. The average molecular weight is 311 g/mol. The van der Waals surface area contributed by atoms with Crippen LogP contribution in [0.3, 0.4) is 0 Å². The summed E-state index contributed by atoms with van der Waals surface area (Å²) >= 11 is 1.64. The van der Waals surface area contributed by atoms with E-state index >= 15 is 0 Å². The first-order valence-corrected chi connectivity index (χ1v) is 8.66. The lowest BCUT2D eigenvalue weighted by Crippen LogP contribution is -2.40. The summed E-state index contributed by atoms with van der Waals surface area (Å²) in [5.41, 5.74) is 3.62. The topological polar surface area (TPSA) is 20.3 Å². The monoisotopic (exact) mass is 311 g/mol. The number of para-hydroxylation sites is 1. The number of carbonyl (C=O) groups excluding carboxylic acids is 1. The van der Waals surface area contributed by atoms with E-state index in [2.05, 4.69) is 49.4 Å². The number of thioether (sulfide) groups is 1. The largest absolute Gasteiger partial charge is 0.311 e. The molecule has 22 heavy (non-hydrogen) atoms. The van der Waals surface area contributed by atoms with Crippen LogP contribution in [-0.2, 0) is 11.2 Å². The standard InChI is InChI=1S/C19H21NOS/c1-14-9-11-17(12-10-14)22-15(2)19(21)20-13-5-7-16-6-3-4-8-18(16)20/h3-4,6,8-12,15H,5,7,13H2,1-2H3. The molecule has 2 nitrogen and oxygen atoms in total. The minimum Gasteiger partial charge on any atom is -0.311 e. The van der Waals surface area contributed by atoms with E-state index in [1.807, 2.05) is 17.9 Å². The number of anilines is 1. The molecule has 0 radical (unpaired) electrons. The second-order valence-electron chi connectivity index (χ2n) is 5.80. The van der Waals surface area contributed by atoms with E-state index in [4.69, 9.17) is 0 Å². The predicted octanol–water partition coefficient (Wildman–Crippen LogP) is 4.46. The summed E-state index contributed by atoms with van der Waals surface area (Å²) in [5, 5.41) is -0.0751. The quantitative estimate of drug-likeness (QED) is 0.780. The summed E-state index contributed by atoms with van der Waals surface area (Å²) < 4.78 is 0. The molecule has 0 bridgehead atoms. The van der Waals surface area contributed by atoms with Crippen molar-refractivity contribution in [3.63, 3.8) is 0 Å². The Kier molecular flexibility index (Phi) is 4.53. The SMILES string of the molecule is Cc1ccc(SC(C)C(=O)N2CCCc3ccccc32)cc1. The van der Waals surface area contributed by atoms with Crippen LogP contribution in [0, 0.1) is 6.92 Å². The Morgan fingerprint density at radius 2 is 1.86 bits per heavy atom. The Morgan fingerprint density at radius 3 is 2.64 bits per heavy atom. The Morgan fingerprint density at radius 1 is 1.14 bits per heavy atom. The van der Waals surface area contributed by atoms with Crippen molar-refractivity contribution in [2.75, 3.05) is 11.4 Å². The van der Waals surface area contributed by atoms with Crippen LogP contribution < -0.4 is 4.90 Å². The molecule has 3 heteroatoms. The third-order valence-electron chi connectivity index (χ3n) is 4.06. The molecule has 0 aliphatic carbocycles. The van der Waals surface area contributed by atoms with E-state index in [1.54, 1.807) is 11.8 Å². The van der Waals surface area contributed by atoms with Crippen LogP contribution in [-0.4, -0.2) is 17.7 Å². The average Bonchev–Trinajstić information content (AvgIpc) is 2.55. The summed E-state index contributed by atoms with van der Waals surface area (Å²) in [7, 11) is 0. The van der Waals surface area contributed by atoms with Gasteiger partial charge in [0.05, 0.1) is 5.25 Å². The van der Waals surface area contributed by atoms with Crippen molar-refractivity contribution in [3.8, 4) is 0 Å². The van der Waals surface area contributed by atoms with Crippen LogP contribution in [0.25, 0.3) is 0 Å². The van der Waals surface area contributed by atoms with Gasteiger partial charge in [0.25, 0.3) is 0 Å². The number of benzene rings is 2. The van der Waals surface area contributed by atoms with E-state index in [0.717, 1.165) is 30.0 Å². The summed E-state index contributed by atoms with van der Waals surface area (Å²) in [6, 6.07) is 16.6. The zero-order valence-electron chi connectivity index (χ0n) is 13.1. The molecule has 1 aliphatic heterocycles. The first kappa shape index (κ1) is 15.2. The Balaban J connectivity index is 1.75. The molecule has 0 aromatic heterocycles. The minimum absolute atomic E-state index is 0.0751. The van der Waals surface area contributed by atoms with Gasteiger partial charge in [0, 0.05) is 17.1 Å². The van der Waals surface area contributed by atoms with Gasteiger partial charge in [-0.25, -0.2) is 0 Å². The molecule has 2 aromatic carbocycles. The first-order valence-electron chi connectivity index (χ1n) is 7.78. The third kappa shape index (κ3) is 3.20. The predicted molar refractivity (Wildman–Crippen MR) is 93.6 cm³/mol. The van der Waals surface area contributed by atoms with Crippen LogP contribution in [0.1, 0.15) is 24.5 Å². The van der Waals surface area contributed by atoms with Gasteiger partial charge in [-0.1, -0.05) is 35.9 Å². The van der Waals surface area contributed by atoms with Crippen LogP contribution in [0.2, 0.25) is 0 Å². The normalized spacial score (nSPS) is 15.3. The molecule has 0 saturated heterocycles. The molecule has 114 valence electrons. The van der Waals surface area contributed by atoms with Gasteiger partial charge in [-0.05, 0) is 50.5 Å². The molecule has 1 aliphatic rings. The van der Waals surface area contributed by atoms with Gasteiger partial charge >= 0.3 is 0 Å². The number of hydrogen-bond acceptors (Lipinski definition) is 2. The molecule has 3 rings (SSSR count). The molecule has 1 amide bonds. The van der Waals surface area contributed by atoms with Crippen molar-refractivity contribution in [1.82, 2.24) is 0 Å². The number of aryl methyl sites for hydroxylation is 2. The molecule has 1 unspecified atom stereocenters. The fourth-order valence-corrected chi connectivity index (χ4v) is 3.78. The summed E-state index contributed by atoms with van der Waals surface area (Å²) in [5.74, 6) is 0.206. The zero-order valence-corrected chi connectivity index (χ0v) is 13.9. The highest BCUT2D eigenvalue weighted by molar-refractivity contribution is 8.00. The Hall–Kier alpha value is -1.74. The van der Waals surface area contributed by atoms with Crippen LogP contribution in [0.4, 0.5) is 5.69 Å². The van der Waals surface area contributed by atoms with E-state index < -0.39 is 0 Å². The Labute approximate surface area is 136 Å². The summed E-state index contributed by atoms with van der Waals surface area (Å²) in [4.78, 5) is 15.9. The molecular weight excluding hydrogens is 290 g/mol. The number of hydrogen-bond donors (Lipinski definition) is 0. The number of carbonyl (C=O) groups is 1. The highest BCUT2D eigenvalue weighted by atomic mass is 32.2. The van der Waals surface area contributed by atoms with E-state index in [-0.39, 0.29) is 11.2 Å². The van der Waals surface area contributed by atoms with Gasteiger partial charge < -0.3 is 4.90 Å². The van der Waals surface area contributed by atoms with Crippen LogP contribution in [0.15, 0.2) is 53.4 Å². The van der Waals surface area contributed by atoms with Crippen molar-refractivity contribution < 1.29 is 4.79 Å². The fraction of sp³-hybridized carbons (Fsp3) is 0.316. The highest BCUT2D eigenvalue weighted by Gasteiger charge is 2.26. The van der Waals surface area contributed by atoms with Gasteiger partial charge in [0.1, 0.15) is 0 Å². The van der Waals surface area contributed by atoms with Crippen LogP contribution in [0.5, 0.6) is 0 Å². The van der Waals surface area contributed by atoms with Gasteiger partial charge in [-0.15, -0.1) is 11.8 Å². The minimum atomic E-state index is -0.0751. The molecule has 0 spiro atoms. The lowest BCUT2D eigenvalue weighted by atomic mass is 10.0. The number of rotatable bonds is 3. The molecule has 0 fully saturated rings. The van der Waals surface area contributed by atoms with Gasteiger partial charge in [-0.2, -0.15) is 0 Å². The van der Waals surface area contributed by atoms with Crippen molar-refractivity contribution in [2.24, 2.45) is 0 Å². The maximum atomic E-state index is 12.8. The van der Waals surface area contributed by atoms with Gasteiger partial charge in [0.15, 0.2) is 0 Å².